The van der Waals surface area contributed by atoms with E-state index in [1.807, 2.05) is 9.80 Å². The lowest BCUT2D eigenvalue weighted by Gasteiger charge is -2.37. The van der Waals surface area contributed by atoms with E-state index in [0.717, 1.165) is 12.1 Å². The van der Waals surface area contributed by atoms with Crippen LogP contribution < -0.4 is 19.3 Å². The number of ether oxygens (including phenoxy) is 2. The van der Waals surface area contributed by atoms with Crippen LogP contribution in [0.3, 0.4) is 0 Å². The van der Waals surface area contributed by atoms with Gasteiger partial charge in [0, 0.05) is 61.8 Å². The Bertz CT molecular complexity index is 1640. The van der Waals surface area contributed by atoms with Crippen LogP contribution in [-0.2, 0) is 12.4 Å². The number of rotatable bonds is 8. The first-order chi connectivity index (χ1) is 21.7. The van der Waals surface area contributed by atoms with Gasteiger partial charge in [-0.1, -0.05) is 12.1 Å². The second-order valence-corrected chi connectivity index (χ2v) is 10.0. The second kappa shape index (κ2) is 12.5. The second-order valence-electron chi connectivity index (χ2n) is 10.0. The van der Waals surface area contributed by atoms with Crippen LogP contribution in [0.5, 0.6) is 23.0 Å². The topological polar surface area (TPSA) is 111 Å². The number of nitrogens with zero attached hydrogens (tertiary/aromatic N) is 4. The Kier molecular flexibility index (Phi) is 8.63. The molecule has 1 saturated heterocycles. The van der Waals surface area contributed by atoms with E-state index in [-0.39, 0.29) is 23.0 Å². The molecule has 0 unspecified atom stereocenters. The molecule has 0 radical (unpaired) electrons. The zero-order chi connectivity index (χ0) is 33.2. The number of halogens is 6. The summed E-state index contributed by atoms with van der Waals surface area (Å²) in [6, 6.07) is 17.2. The molecule has 16 heteroatoms. The molecule has 4 aromatic rings. The summed E-state index contributed by atoms with van der Waals surface area (Å²) in [5.41, 5.74) is -2.58. The maximum absolute atomic E-state index is 13.0. The number of nitro benzene ring substituents is 2. The third-order valence-corrected chi connectivity index (χ3v) is 7.07. The number of piperazine rings is 1. The summed E-state index contributed by atoms with van der Waals surface area (Å²) in [4.78, 5) is 25.0. The van der Waals surface area contributed by atoms with Gasteiger partial charge < -0.3 is 19.3 Å². The third kappa shape index (κ3) is 7.22. The van der Waals surface area contributed by atoms with Gasteiger partial charge in [-0.05, 0) is 48.5 Å². The molecule has 0 aliphatic carbocycles. The van der Waals surface area contributed by atoms with Crippen molar-refractivity contribution in [2.45, 2.75) is 12.4 Å². The molecule has 1 aliphatic heterocycles. The van der Waals surface area contributed by atoms with E-state index in [4.69, 9.17) is 9.47 Å². The van der Waals surface area contributed by atoms with Crippen LogP contribution in [0.4, 0.5) is 49.1 Å². The molecule has 46 heavy (non-hydrogen) atoms. The summed E-state index contributed by atoms with van der Waals surface area (Å²) >= 11 is 0. The highest BCUT2D eigenvalue weighted by Crippen LogP contribution is 2.40. The molecule has 0 aromatic heterocycles. The Labute approximate surface area is 256 Å². The first-order valence-electron chi connectivity index (χ1n) is 13.5. The monoisotopic (exact) mass is 648 g/mol. The molecule has 1 aliphatic rings. The van der Waals surface area contributed by atoms with Crippen LogP contribution in [0.2, 0.25) is 0 Å². The van der Waals surface area contributed by atoms with Gasteiger partial charge in [0.1, 0.15) is 11.5 Å². The van der Waals surface area contributed by atoms with E-state index in [1.54, 1.807) is 36.4 Å². The number of hydrogen-bond donors (Lipinski definition) is 0. The fraction of sp³-hybridized carbons (Fsp3) is 0.200. The minimum absolute atomic E-state index is 0.185. The average Bonchev–Trinajstić information content (AvgIpc) is 3.00. The van der Waals surface area contributed by atoms with Crippen LogP contribution in [0, 0.1) is 20.2 Å². The maximum Gasteiger partial charge on any atom is 0.416 e. The van der Waals surface area contributed by atoms with Gasteiger partial charge in [0.15, 0.2) is 0 Å². The Morgan fingerprint density at radius 2 is 0.935 bits per heavy atom. The van der Waals surface area contributed by atoms with Crippen LogP contribution in [-0.4, -0.2) is 36.0 Å². The molecule has 0 atom stereocenters. The van der Waals surface area contributed by atoms with Crippen molar-refractivity contribution in [3.63, 3.8) is 0 Å². The van der Waals surface area contributed by atoms with E-state index in [2.05, 4.69) is 0 Å². The predicted molar refractivity (Wildman–Crippen MR) is 154 cm³/mol. The van der Waals surface area contributed by atoms with Gasteiger partial charge in [0.05, 0.1) is 21.0 Å². The molecular weight excluding hydrogens is 626 g/mol. The highest BCUT2D eigenvalue weighted by atomic mass is 19.4. The summed E-state index contributed by atoms with van der Waals surface area (Å²) < 4.78 is 89.5. The number of hydrogen-bond acceptors (Lipinski definition) is 8. The standard InChI is InChI=1S/C30H22F6N4O6/c31-29(32,33)19-7-9-27(25(15-19)39(41)42)45-23-5-1-3-21(17-23)37-11-13-38(14-12-37)22-4-2-6-24(18-22)46-28-10-8-20(30(34,35)36)16-26(28)40(43)44/h1-10,15-18H,11-14H2. The van der Waals surface area contributed by atoms with Gasteiger partial charge in [0.25, 0.3) is 0 Å². The number of anilines is 2. The number of nitro groups is 2. The van der Waals surface area contributed by atoms with Crippen LogP contribution in [0.1, 0.15) is 11.1 Å². The van der Waals surface area contributed by atoms with E-state index < -0.39 is 44.7 Å². The van der Waals surface area contributed by atoms with Gasteiger partial charge in [0.2, 0.25) is 11.5 Å². The van der Waals surface area contributed by atoms with Crippen LogP contribution >= 0.6 is 0 Å². The quantitative estimate of drug-likeness (QED) is 0.106. The van der Waals surface area contributed by atoms with E-state index in [0.29, 0.717) is 61.8 Å². The molecule has 0 spiro atoms. The average molecular weight is 649 g/mol. The summed E-state index contributed by atoms with van der Waals surface area (Å²) in [5, 5.41) is 22.9. The molecular formula is C30H22F6N4O6. The zero-order valence-electron chi connectivity index (χ0n) is 23.4. The molecule has 240 valence electrons. The van der Waals surface area contributed by atoms with E-state index >= 15 is 0 Å². The Hall–Kier alpha value is -5.54. The number of benzene rings is 4. The maximum atomic E-state index is 13.0. The van der Waals surface area contributed by atoms with Crippen molar-refractivity contribution in [2.75, 3.05) is 36.0 Å². The van der Waals surface area contributed by atoms with E-state index in [1.165, 1.54) is 12.1 Å². The summed E-state index contributed by atoms with van der Waals surface area (Å²) in [5.74, 6) is -0.317. The van der Waals surface area contributed by atoms with Crippen molar-refractivity contribution in [3.8, 4) is 23.0 Å². The molecule has 0 amide bonds. The largest absolute Gasteiger partial charge is 0.450 e. The summed E-state index contributed by atoms with van der Waals surface area (Å²) in [7, 11) is 0. The summed E-state index contributed by atoms with van der Waals surface area (Å²) in [6.07, 6.45) is -9.51. The molecule has 0 saturated carbocycles. The minimum Gasteiger partial charge on any atom is -0.450 e. The SMILES string of the molecule is O=[N+]([O-])c1cc(C(F)(F)F)ccc1Oc1cccc(N2CCN(c3cccc(Oc4ccc(C(F)(F)F)cc4[N+](=O)[O-])c3)CC2)c1. The van der Waals surface area contributed by atoms with E-state index in [9.17, 15) is 46.6 Å². The van der Waals surface area contributed by atoms with Gasteiger partial charge >= 0.3 is 23.7 Å². The first-order valence-corrected chi connectivity index (χ1v) is 13.5. The molecule has 0 N–H and O–H groups in total. The molecule has 5 rings (SSSR count). The Morgan fingerprint density at radius 3 is 1.26 bits per heavy atom. The molecule has 1 heterocycles. The van der Waals surface area contributed by atoms with Crippen molar-refractivity contribution in [1.29, 1.82) is 0 Å². The van der Waals surface area contributed by atoms with Crippen LogP contribution in [0.25, 0.3) is 0 Å². The van der Waals surface area contributed by atoms with Crippen molar-refractivity contribution in [3.05, 3.63) is 116 Å². The van der Waals surface area contributed by atoms with Crippen molar-refractivity contribution >= 4 is 22.7 Å². The highest BCUT2D eigenvalue weighted by molar-refractivity contribution is 5.58. The van der Waals surface area contributed by atoms with Gasteiger partial charge in [-0.15, -0.1) is 0 Å². The lowest BCUT2D eigenvalue weighted by Crippen LogP contribution is -2.46. The highest BCUT2D eigenvalue weighted by Gasteiger charge is 2.34. The first kappa shape index (κ1) is 31.9. The molecule has 0 bridgehead atoms. The third-order valence-electron chi connectivity index (χ3n) is 7.07. The van der Waals surface area contributed by atoms with Crippen LogP contribution in [0.15, 0.2) is 84.9 Å². The fourth-order valence-corrected chi connectivity index (χ4v) is 4.81. The molecule has 10 nitrogen and oxygen atoms in total. The Morgan fingerprint density at radius 1 is 0.565 bits per heavy atom. The van der Waals surface area contributed by atoms with Gasteiger partial charge in [-0.25, -0.2) is 0 Å². The van der Waals surface area contributed by atoms with Crippen molar-refractivity contribution in [1.82, 2.24) is 0 Å². The lowest BCUT2D eigenvalue weighted by atomic mass is 10.1. The van der Waals surface area contributed by atoms with Crippen molar-refractivity contribution in [2.24, 2.45) is 0 Å². The lowest BCUT2D eigenvalue weighted by molar-refractivity contribution is -0.386. The zero-order valence-corrected chi connectivity index (χ0v) is 23.4. The predicted octanol–water partition coefficient (Wildman–Crippen LogP) is 8.45. The summed E-state index contributed by atoms with van der Waals surface area (Å²) in [6.45, 7) is 2.05. The van der Waals surface area contributed by atoms with Crippen molar-refractivity contribution < 1.29 is 45.7 Å². The Balaban J connectivity index is 1.26. The van der Waals surface area contributed by atoms with Gasteiger partial charge in [-0.3, -0.25) is 20.2 Å². The minimum atomic E-state index is -4.76. The molecule has 1 fully saturated rings. The molecule has 4 aromatic carbocycles. The van der Waals surface area contributed by atoms with Gasteiger partial charge in [-0.2, -0.15) is 26.3 Å². The number of alkyl halides is 6. The smallest absolute Gasteiger partial charge is 0.416 e. The fourth-order valence-electron chi connectivity index (χ4n) is 4.81. The normalized spacial score (nSPS) is 13.8.